The van der Waals surface area contributed by atoms with Crippen LogP contribution in [-0.4, -0.2) is 43.0 Å². The SMILES string of the molecule is COCCn1c(N)c(NCCOCC2CC2)c(=O)[nH]c1=O. The predicted molar refractivity (Wildman–Crippen MR) is 79.6 cm³/mol. The molecule has 0 amide bonds. The molecule has 1 aliphatic carbocycles. The smallest absolute Gasteiger partial charge is 0.330 e. The maximum atomic E-state index is 11.8. The molecule has 0 unspecified atom stereocenters. The summed E-state index contributed by atoms with van der Waals surface area (Å²) in [6.45, 7) is 2.33. The summed E-state index contributed by atoms with van der Waals surface area (Å²) in [5.74, 6) is 0.817. The number of aromatic amines is 1. The molecule has 1 aromatic rings. The molecule has 1 aliphatic rings. The molecule has 0 aliphatic heterocycles. The summed E-state index contributed by atoms with van der Waals surface area (Å²) >= 11 is 0. The van der Waals surface area contributed by atoms with E-state index in [9.17, 15) is 9.59 Å². The minimum absolute atomic E-state index is 0.114. The highest BCUT2D eigenvalue weighted by Gasteiger charge is 2.20. The van der Waals surface area contributed by atoms with Crippen molar-refractivity contribution in [3.63, 3.8) is 0 Å². The Morgan fingerprint density at radius 1 is 1.38 bits per heavy atom. The zero-order chi connectivity index (χ0) is 15.2. The average molecular weight is 298 g/mol. The van der Waals surface area contributed by atoms with Crippen molar-refractivity contribution in [3.05, 3.63) is 20.8 Å². The standard InChI is InChI=1S/C13H22N4O4/c1-20-7-5-17-11(14)10(12(18)16-13(17)19)15-4-6-21-8-9-2-3-9/h9,15H,2-8,14H2,1H3,(H,16,18,19). The molecule has 1 aromatic heterocycles. The van der Waals surface area contributed by atoms with Crippen molar-refractivity contribution in [2.45, 2.75) is 19.4 Å². The molecular weight excluding hydrogens is 276 g/mol. The van der Waals surface area contributed by atoms with Crippen LogP contribution < -0.4 is 22.3 Å². The zero-order valence-corrected chi connectivity index (χ0v) is 12.2. The van der Waals surface area contributed by atoms with E-state index in [0.29, 0.717) is 25.7 Å². The number of nitrogens with zero attached hydrogens (tertiary/aromatic N) is 1. The lowest BCUT2D eigenvalue weighted by Gasteiger charge is -2.13. The van der Waals surface area contributed by atoms with Crippen LogP contribution in [0.5, 0.6) is 0 Å². The van der Waals surface area contributed by atoms with Gasteiger partial charge in [-0.2, -0.15) is 0 Å². The van der Waals surface area contributed by atoms with Crippen LogP contribution in [0.2, 0.25) is 0 Å². The van der Waals surface area contributed by atoms with E-state index in [1.165, 1.54) is 24.5 Å². The predicted octanol–water partition coefficient (Wildman–Crippen LogP) is -0.396. The van der Waals surface area contributed by atoms with E-state index < -0.39 is 11.2 Å². The lowest BCUT2D eigenvalue weighted by molar-refractivity contribution is 0.134. The lowest BCUT2D eigenvalue weighted by Crippen LogP contribution is -2.35. The number of hydrogen-bond acceptors (Lipinski definition) is 6. The van der Waals surface area contributed by atoms with Gasteiger partial charge in [0.25, 0.3) is 5.56 Å². The highest BCUT2D eigenvalue weighted by Crippen LogP contribution is 2.28. The Morgan fingerprint density at radius 2 is 2.14 bits per heavy atom. The van der Waals surface area contributed by atoms with Gasteiger partial charge in [0.1, 0.15) is 11.5 Å². The first-order valence-corrected chi connectivity index (χ1v) is 7.06. The number of rotatable bonds is 9. The molecule has 8 nitrogen and oxygen atoms in total. The van der Waals surface area contributed by atoms with E-state index in [1.807, 2.05) is 0 Å². The molecule has 118 valence electrons. The molecule has 1 heterocycles. The van der Waals surface area contributed by atoms with E-state index >= 15 is 0 Å². The van der Waals surface area contributed by atoms with Crippen LogP contribution in [0.25, 0.3) is 0 Å². The van der Waals surface area contributed by atoms with Crippen molar-refractivity contribution < 1.29 is 9.47 Å². The molecule has 0 atom stereocenters. The van der Waals surface area contributed by atoms with E-state index in [0.717, 1.165) is 6.61 Å². The van der Waals surface area contributed by atoms with Crippen molar-refractivity contribution in [2.24, 2.45) is 5.92 Å². The van der Waals surface area contributed by atoms with Crippen LogP contribution in [0, 0.1) is 5.92 Å². The van der Waals surface area contributed by atoms with Gasteiger partial charge in [-0.3, -0.25) is 14.3 Å². The third kappa shape index (κ3) is 4.33. The molecule has 1 saturated carbocycles. The van der Waals surface area contributed by atoms with Gasteiger partial charge >= 0.3 is 5.69 Å². The van der Waals surface area contributed by atoms with Crippen molar-refractivity contribution >= 4 is 11.5 Å². The first-order chi connectivity index (χ1) is 10.1. The second kappa shape index (κ2) is 7.28. The maximum absolute atomic E-state index is 11.8. The first kappa shape index (κ1) is 15.6. The van der Waals surface area contributed by atoms with Crippen molar-refractivity contribution in [1.82, 2.24) is 9.55 Å². The topological polar surface area (TPSA) is 111 Å². The van der Waals surface area contributed by atoms with Crippen LogP contribution in [0.15, 0.2) is 9.59 Å². The highest BCUT2D eigenvalue weighted by atomic mass is 16.5. The molecule has 0 spiro atoms. The third-order valence-electron chi connectivity index (χ3n) is 3.36. The lowest BCUT2D eigenvalue weighted by atomic mass is 10.4. The van der Waals surface area contributed by atoms with Crippen LogP contribution in [-0.2, 0) is 16.0 Å². The van der Waals surface area contributed by atoms with Gasteiger partial charge < -0.3 is 20.5 Å². The fourth-order valence-electron chi connectivity index (χ4n) is 1.95. The number of H-pyrrole nitrogens is 1. The maximum Gasteiger partial charge on any atom is 0.330 e. The van der Waals surface area contributed by atoms with Crippen LogP contribution >= 0.6 is 0 Å². The summed E-state index contributed by atoms with van der Waals surface area (Å²) < 4.78 is 11.7. The van der Waals surface area contributed by atoms with Crippen molar-refractivity contribution in [1.29, 1.82) is 0 Å². The van der Waals surface area contributed by atoms with Gasteiger partial charge in [0, 0.05) is 20.3 Å². The normalized spacial score (nSPS) is 14.3. The summed E-state index contributed by atoms with van der Waals surface area (Å²) in [6.07, 6.45) is 2.48. The number of nitrogen functional groups attached to an aromatic ring is 1. The fourth-order valence-corrected chi connectivity index (χ4v) is 1.95. The van der Waals surface area contributed by atoms with E-state index in [-0.39, 0.29) is 18.1 Å². The molecular formula is C13H22N4O4. The van der Waals surface area contributed by atoms with E-state index in [2.05, 4.69) is 10.3 Å². The third-order valence-corrected chi connectivity index (χ3v) is 3.36. The highest BCUT2D eigenvalue weighted by molar-refractivity contribution is 5.60. The van der Waals surface area contributed by atoms with Gasteiger partial charge in [-0.1, -0.05) is 0 Å². The second-order valence-electron chi connectivity index (χ2n) is 5.11. The Bertz CT molecular complexity index is 577. The Hall–Kier alpha value is -1.80. The van der Waals surface area contributed by atoms with Gasteiger partial charge in [0.15, 0.2) is 0 Å². The van der Waals surface area contributed by atoms with Crippen LogP contribution in [0.3, 0.4) is 0 Å². The average Bonchev–Trinajstić information content (AvgIpc) is 3.25. The van der Waals surface area contributed by atoms with Crippen LogP contribution in [0.1, 0.15) is 12.8 Å². The number of nitrogens with two attached hydrogens (primary N) is 1. The number of aromatic nitrogens is 2. The fraction of sp³-hybridized carbons (Fsp3) is 0.692. The quantitative estimate of drug-likeness (QED) is 0.535. The first-order valence-electron chi connectivity index (χ1n) is 7.06. The van der Waals surface area contributed by atoms with Crippen molar-refractivity contribution in [2.75, 3.05) is 44.5 Å². The molecule has 0 aromatic carbocycles. The Kier molecular flexibility index (Phi) is 5.40. The molecule has 4 N–H and O–H groups in total. The summed E-state index contributed by atoms with van der Waals surface area (Å²) in [4.78, 5) is 25.7. The molecule has 8 heteroatoms. The largest absolute Gasteiger partial charge is 0.383 e. The molecule has 21 heavy (non-hydrogen) atoms. The molecule has 1 fully saturated rings. The van der Waals surface area contributed by atoms with Gasteiger partial charge in [-0.15, -0.1) is 0 Å². The van der Waals surface area contributed by atoms with Gasteiger partial charge in [-0.05, 0) is 18.8 Å². The number of ether oxygens (including phenoxy) is 2. The molecule has 0 radical (unpaired) electrons. The van der Waals surface area contributed by atoms with Crippen molar-refractivity contribution in [3.8, 4) is 0 Å². The van der Waals surface area contributed by atoms with E-state index in [4.69, 9.17) is 15.2 Å². The van der Waals surface area contributed by atoms with Gasteiger partial charge in [0.2, 0.25) is 0 Å². The van der Waals surface area contributed by atoms with Gasteiger partial charge in [-0.25, -0.2) is 4.79 Å². The van der Waals surface area contributed by atoms with E-state index in [1.54, 1.807) is 0 Å². The number of nitrogens with one attached hydrogen (secondary N) is 2. The summed E-state index contributed by atoms with van der Waals surface area (Å²) in [5, 5.41) is 2.93. The molecule has 0 bridgehead atoms. The monoisotopic (exact) mass is 298 g/mol. The minimum Gasteiger partial charge on any atom is -0.383 e. The number of anilines is 2. The van der Waals surface area contributed by atoms with Crippen LogP contribution in [0.4, 0.5) is 11.5 Å². The number of methoxy groups -OCH3 is 1. The number of hydrogen-bond donors (Lipinski definition) is 3. The molecule has 2 rings (SSSR count). The van der Waals surface area contributed by atoms with Gasteiger partial charge in [0.05, 0.1) is 19.8 Å². The molecule has 0 saturated heterocycles. The second-order valence-corrected chi connectivity index (χ2v) is 5.11. The Morgan fingerprint density at radius 3 is 2.81 bits per heavy atom. The minimum atomic E-state index is -0.537. The summed E-state index contributed by atoms with van der Waals surface area (Å²) in [7, 11) is 1.53. The Labute approximate surface area is 122 Å². The Balaban J connectivity index is 1.96. The summed E-state index contributed by atoms with van der Waals surface area (Å²) in [5.41, 5.74) is 5.02. The zero-order valence-electron chi connectivity index (χ0n) is 12.2. The summed E-state index contributed by atoms with van der Waals surface area (Å²) in [6, 6.07) is 0.